The maximum Gasteiger partial charge on any atom is 0.279 e. The molecule has 0 aliphatic heterocycles. The number of nitrogens with one attached hydrogen (secondary N) is 2. The van der Waals surface area contributed by atoms with Gasteiger partial charge in [-0.1, -0.05) is 23.7 Å². The molecule has 1 aromatic heterocycles. The number of pyridine rings is 1. The maximum absolute atomic E-state index is 12.3. The van der Waals surface area contributed by atoms with Gasteiger partial charge in [-0.25, -0.2) is 4.98 Å². The largest absolute Gasteiger partial charge is 0.316 e. The van der Waals surface area contributed by atoms with E-state index in [4.69, 9.17) is 11.6 Å². The van der Waals surface area contributed by atoms with Crippen LogP contribution in [0.5, 0.6) is 0 Å². The zero-order valence-electron chi connectivity index (χ0n) is 11.7. The summed E-state index contributed by atoms with van der Waals surface area (Å²) >= 11 is 5.99. The fraction of sp³-hybridized carbons (Fsp3) is 0.214. The molecule has 0 amide bonds. The Balaban J connectivity index is 2.27. The SMILES string of the molecule is CNCc1ccc(S(=O)(=O)Nc2cccc(Cl)c2C)nc1. The Morgan fingerprint density at radius 1 is 1.24 bits per heavy atom. The highest BCUT2D eigenvalue weighted by atomic mass is 35.5. The van der Waals surface area contributed by atoms with Crippen molar-refractivity contribution >= 4 is 27.3 Å². The molecule has 2 rings (SSSR count). The highest BCUT2D eigenvalue weighted by molar-refractivity contribution is 7.92. The van der Waals surface area contributed by atoms with E-state index in [1.54, 1.807) is 31.2 Å². The molecule has 0 fully saturated rings. The first-order valence-corrected chi connectivity index (χ1v) is 8.17. The molecule has 1 aromatic carbocycles. The number of aromatic nitrogens is 1. The molecule has 0 saturated carbocycles. The van der Waals surface area contributed by atoms with E-state index in [-0.39, 0.29) is 5.03 Å². The predicted molar refractivity (Wildman–Crippen MR) is 84.0 cm³/mol. The summed E-state index contributed by atoms with van der Waals surface area (Å²) in [6.07, 6.45) is 1.54. The van der Waals surface area contributed by atoms with Crippen LogP contribution >= 0.6 is 11.6 Å². The minimum Gasteiger partial charge on any atom is -0.316 e. The average Bonchev–Trinajstić information content (AvgIpc) is 2.45. The van der Waals surface area contributed by atoms with Crippen molar-refractivity contribution in [3.05, 3.63) is 52.7 Å². The van der Waals surface area contributed by atoms with Gasteiger partial charge in [0.15, 0.2) is 5.03 Å². The first-order valence-electron chi connectivity index (χ1n) is 6.31. The lowest BCUT2D eigenvalue weighted by atomic mass is 10.2. The molecule has 0 bridgehead atoms. The first kappa shape index (κ1) is 15.8. The van der Waals surface area contributed by atoms with Gasteiger partial charge in [0.1, 0.15) is 0 Å². The zero-order valence-corrected chi connectivity index (χ0v) is 13.3. The van der Waals surface area contributed by atoms with Crippen molar-refractivity contribution in [2.24, 2.45) is 0 Å². The number of nitrogens with zero attached hydrogens (tertiary/aromatic N) is 1. The van der Waals surface area contributed by atoms with Crippen LogP contribution in [0.15, 0.2) is 41.6 Å². The Bertz CT molecular complexity index is 730. The van der Waals surface area contributed by atoms with Gasteiger partial charge in [0.05, 0.1) is 5.69 Å². The van der Waals surface area contributed by atoms with Crippen molar-refractivity contribution in [3.63, 3.8) is 0 Å². The van der Waals surface area contributed by atoms with Crippen LogP contribution < -0.4 is 10.0 Å². The third-order valence-electron chi connectivity index (χ3n) is 2.97. The van der Waals surface area contributed by atoms with Gasteiger partial charge in [0.2, 0.25) is 0 Å². The maximum atomic E-state index is 12.3. The second-order valence-electron chi connectivity index (χ2n) is 4.55. The molecule has 0 spiro atoms. The summed E-state index contributed by atoms with van der Waals surface area (Å²) in [7, 11) is -1.91. The number of anilines is 1. The molecule has 2 aromatic rings. The Morgan fingerprint density at radius 3 is 2.62 bits per heavy atom. The average molecular weight is 326 g/mol. The molecule has 0 unspecified atom stereocenters. The number of benzene rings is 1. The lowest BCUT2D eigenvalue weighted by molar-refractivity contribution is 0.597. The predicted octanol–water partition coefficient (Wildman–Crippen LogP) is 2.56. The molecule has 21 heavy (non-hydrogen) atoms. The quantitative estimate of drug-likeness (QED) is 0.886. The minimum absolute atomic E-state index is 0.0262. The van der Waals surface area contributed by atoms with E-state index in [0.717, 1.165) is 5.56 Å². The number of rotatable bonds is 5. The highest BCUT2D eigenvalue weighted by Crippen LogP contribution is 2.25. The van der Waals surface area contributed by atoms with E-state index >= 15 is 0 Å². The molecule has 112 valence electrons. The molecular formula is C14H16ClN3O2S. The van der Waals surface area contributed by atoms with Crippen LogP contribution in [-0.4, -0.2) is 20.4 Å². The molecule has 0 radical (unpaired) electrons. The summed E-state index contributed by atoms with van der Waals surface area (Å²) in [5.41, 5.74) is 2.04. The van der Waals surface area contributed by atoms with Crippen molar-refractivity contribution in [1.29, 1.82) is 0 Å². The Morgan fingerprint density at radius 2 is 2.00 bits per heavy atom. The van der Waals surface area contributed by atoms with E-state index < -0.39 is 10.0 Å². The monoisotopic (exact) mass is 325 g/mol. The molecule has 2 N–H and O–H groups in total. The molecule has 0 aliphatic carbocycles. The van der Waals surface area contributed by atoms with Gasteiger partial charge in [0, 0.05) is 17.8 Å². The fourth-order valence-corrected chi connectivity index (χ4v) is 3.02. The Labute approximate surface area is 129 Å². The standard InChI is InChI=1S/C14H16ClN3O2S/c1-10-12(15)4-3-5-13(10)18-21(19,20)14-7-6-11(8-16-2)9-17-14/h3-7,9,16,18H,8H2,1-2H3. The van der Waals surface area contributed by atoms with Crippen LogP contribution in [-0.2, 0) is 16.6 Å². The van der Waals surface area contributed by atoms with Crippen LogP contribution in [0.25, 0.3) is 0 Å². The summed E-state index contributed by atoms with van der Waals surface area (Å²) in [5, 5.41) is 3.46. The van der Waals surface area contributed by atoms with Crippen molar-refractivity contribution in [3.8, 4) is 0 Å². The molecule has 7 heteroatoms. The summed E-state index contributed by atoms with van der Waals surface area (Å²) in [6, 6.07) is 8.27. The van der Waals surface area contributed by atoms with Crippen molar-refractivity contribution in [1.82, 2.24) is 10.3 Å². The van der Waals surface area contributed by atoms with Crippen molar-refractivity contribution in [2.45, 2.75) is 18.5 Å². The normalized spacial score (nSPS) is 11.4. The molecule has 0 saturated heterocycles. The molecule has 1 heterocycles. The Hall–Kier alpha value is -1.63. The van der Waals surface area contributed by atoms with Gasteiger partial charge in [-0.15, -0.1) is 0 Å². The van der Waals surface area contributed by atoms with Gasteiger partial charge in [-0.2, -0.15) is 8.42 Å². The fourth-order valence-electron chi connectivity index (χ4n) is 1.79. The van der Waals surface area contributed by atoms with E-state index in [9.17, 15) is 8.42 Å². The first-order chi connectivity index (χ1) is 9.94. The van der Waals surface area contributed by atoms with E-state index in [1.165, 1.54) is 12.3 Å². The van der Waals surface area contributed by atoms with E-state index in [0.29, 0.717) is 22.8 Å². The van der Waals surface area contributed by atoms with Crippen LogP contribution in [0.1, 0.15) is 11.1 Å². The minimum atomic E-state index is -3.72. The topological polar surface area (TPSA) is 71.1 Å². The third kappa shape index (κ3) is 3.72. The second-order valence-corrected chi connectivity index (χ2v) is 6.59. The Kier molecular flexibility index (Phi) is 4.82. The van der Waals surface area contributed by atoms with Gasteiger partial charge < -0.3 is 5.32 Å². The second kappa shape index (κ2) is 6.43. The van der Waals surface area contributed by atoms with E-state index in [2.05, 4.69) is 15.0 Å². The summed E-state index contributed by atoms with van der Waals surface area (Å²) in [5.74, 6) is 0. The number of halogens is 1. The van der Waals surface area contributed by atoms with E-state index in [1.807, 2.05) is 7.05 Å². The molecular weight excluding hydrogens is 310 g/mol. The van der Waals surface area contributed by atoms with Crippen LogP contribution in [0.2, 0.25) is 5.02 Å². The van der Waals surface area contributed by atoms with Gasteiger partial charge in [-0.3, -0.25) is 4.72 Å². The molecule has 0 atom stereocenters. The van der Waals surface area contributed by atoms with Crippen molar-refractivity contribution < 1.29 is 8.42 Å². The van der Waals surface area contributed by atoms with Crippen molar-refractivity contribution in [2.75, 3.05) is 11.8 Å². The van der Waals surface area contributed by atoms with Gasteiger partial charge >= 0.3 is 0 Å². The lowest BCUT2D eigenvalue weighted by Crippen LogP contribution is -2.15. The number of sulfonamides is 1. The lowest BCUT2D eigenvalue weighted by Gasteiger charge is -2.11. The smallest absolute Gasteiger partial charge is 0.279 e. The van der Waals surface area contributed by atoms with Gasteiger partial charge in [0.25, 0.3) is 10.0 Å². The number of hydrogen-bond acceptors (Lipinski definition) is 4. The molecule has 5 nitrogen and oxygen atoms in total. The number of hydrogen-bond donors (Lipinski definition) is 2. The zero-order chi connectivity index (χ0) is 15.5. The highest BCUT2D eigenvalue weighted by Gasteiger charge is 2.17. The van der Waals surface area contributed by atoms with Crippen LogP contribution in [0.3, 0.4) is 0 Å². The summed E-state index contributed by atoms with van der Waals surface area (Å²) in [4.78, 5) is 3.99. The third-order valence-corrected chi connectivity index (χ3v) is 4.66. The summed E-state index contributed by atoms with van der Waals surface area (Å²) in [6.45, 7) is 2.39. The van der Waals surface area contributed by atoms with Crippen LogP contribution in [0, 0.1) is 6.92 Å². The molecule has 0 aliphatic rings. The van der Waals surface area contributed by atoms with Crippen LogP contribution in [0.4, 0.5) is 5.69 Å². The summed E-state index contributed by atoms with van der Waals surface area (Å²) < 4.78 is 27.1. The van der Waals surface area contributed by atoms with Gasteiger partial charge in [-0.05, 0) is 43.3 Å².